The Hall–Kier alpha value is -2.86. The van der Waals surface area contributed by atoms with Gasteiger partial charge in [-0.25, -0.2) is 0 Å². The first-order chi connectivity index (χ1) is 10.9. The third-order valence-electron chi connectivity index (χ3n) is 4.52. The van der Waals surface area contributed by atoms with Gasteiger partial charge in [0.15, 0.2) is 0 Å². The summed E-state index contributed by atoms with van der Waals surface area (Å²) in [5, 5.41) is 10.4. The van der Waals surface area contributed by atoms with Crippen LogP contribution in [0.3, 0.4) is 0 Å². The van der Waals surface area contributed by atoms with Gasteiger partial charge in [-0.15, -0.1) is 0 Å². The molecule has 0 aliphatic heterocycles. The molecule has 0 saturated heterocycles. The SMILES string of the molecule is c1ccc2cc3cc4cc5cccc5cc4cc3cc2cc1. The summed E-state index contributed by atoms with van der Waals surface area (Å²) < 4.78 is 0. The molecule has 0 bridgehead atoms. The highest BCUT2D eigenvalue weighted by molar-refractivity contribution is 6.08. The lowest BCUT2D eigenvalue weighted by molar-refractivity contribution is 1.87. The Balaban J connectivity index is 1.94. The van der Waals surface area contributed by atoms with Gasteiger partial charge in [0.2, 0.25) is 0 Å². The molecule has 0 N–H and O–H groups in total. The Kier molecular flexibility index (Phi) is 2.31. The number of benzene rings is 3. The van der Waals surface area contributed by atoms with Crippen molar-refractivity contribution in [1.82, 2.24) is 0 Å². The van der Waals surface area contributed by atoms with Crippen molar-refractivity contribution in [2.75, 3.05) is 0 Å². The maximum atomic E-state index is 2.31. The standard InChI is InChI=1S/C22H14/c1-2-5-15-9-19-13-21-11-17-7-4-8-18(17)12-22(21)14-20(19)10-16(15)6-3-1/h1-14H. The first-order valence-electron chi connectivity index (χ1n) is 7.62. The average Bonchev–Trinajstić information content (AvgIpc) is 2.85. The second-order valence-corrected chi connectivity index (χ2v) is 5.95. The Labute approximate surface area is 128 Å². The third kappa shape index (κ3) is 1.71. The van der Waals surface area contributed by atoms with Crippen LogP contribution in [0, 0.1) is 0 Å². The molecule has 0 aliphatic carbocycles. The van der Waals surface area contributed by atoms with Crippen LogP contribution in [0.15, 0.2) is 84.9 Å². The Morgan fingerprint density at radius 3 is 1.00 bits per heavy atom. The lowest BCUT2D eigenvalue weighted by Crippen LogP contribution is -1.78. The van der Waals surface area contributed by atoms with Crippen molar-refractivity contribution in [3.8, 4) is 0 Å². The van der Waals surface area contributed by atoms with E-state index < -0.39 is 0 Å². The van der Waals surface area contributed by atoms with Gasteiger partial charge >= 0.3 is 0 Å². The molecular weight excluding hydrogens is 264 g/mol. The highest BCUT2D eigenvalue weighted by Crippen LogP contribution is 2.30. The molecule has 0 amide bonds. The highest BCUT2D eigenvalue weighted by Gasteiger charge is 2.03. The maximum absolute atomic E-state index is 2.31. The van der Waals surface area contributed by atoms with Crippen LogP contribution >= 0.6 is 0 Å². The van der Waals surface area contributed by atoms with Crippen molar-refractivity contribution in [1.29, 1.82) is 0 Å². The summed E-state index contributed by atoms with van der Waals surface area (Å²) in [6.45, 7) is 0. The van der Waals surface area contributed by atoms with E-state index in [9.17, 15) is 0 Å². The molecule has 0 nitrogen and oxygen atoms in total. The molecule has 5 aromatic rings. The van der Waals surface area contributed by atoms with E-state index in [-0.39, 0.29) is 0 Å². The largest absolute Gasteiger partial charge is 0.0622 e. The molecule has 0 saturated carbocycles. The lowest BCUT2D eigenvalue weighted by atomic mass is 9.99. The van der Waals surface area contributed by atoms with Gasteiger partial charge < -0.3 is 0 Å². The van der Waals surface area contributed by atoms with Crippen molar-refractivity contribution >= 4 is 43.1 Å². The van der Waals surface area contributed by atoms with E-state index in [0.29, 0.717) is 0 Å². The van der Waals surface area contributed by atoms with Crippen molar-refractivity contribution in [2.24, 2.45) is 0 Å². The zero-order valence-corrected chi connectivity index (χ0v) is 12.1. The summed E-state index contributed by atoms with van der Waals surface area (Å²) in [6, 6.07) is 30.9. The zero-order chi connectivity index (χ0) is 14.5. The normalized spacial score (nSPS) is 11.6. The molecule has 0 spiro atoms. The Morgan fingerprint density at radius 1 is 0.273 bits per heavy atom. The average molecular weight is 278 g/mol. The Bertz CT molecular complexity index is 1080. The number of rotatable bonds is 0. The monoisotopic (exact) mass is 278 g/mol. The smallest absolute Gasteiger partial charge is 0.0171 e. The minimum atomic E-state index is 1.28. The highest BCUT2D eigenvalue weighted by atomic mass is 14.1. The number of fused-ring (bicyclic) bond motifs is 4. The van der Waals surface area contributed by atoms with Gasteiger partial charge in [0.05, 0.1) is 0 Å². The van der Waals surface area contributed by atoms with E-state index in [1.807, 2.05) is 0 Å². The van der Waals surface area contributed by atoms with Crippen LogP contribution in [0.5, 0.6) is 0 Å². The summed E-state index contributed by atoms with van der Waals surface area (Å²) in [4.78, 5) is 0. The fourth-order valence-corrected chi connectivity index (χ4v) is 3.39. The molecule has 102 valence electrons. The molecule has 5 aromatic carbocycles. The molecule has 0 aromatic heterocycles. The molecule has 22 heavy (non-hydrogen) atoms. The van der Waals surface area contributed by atoms with Gasteiger partial charge in [0.1, 0.15) is 0 Å². The summed E-state index contributed by atoms with van der Waals surface area (Å²) >= 11 is 0. The van der Waals surface area contributed by atoms with E-state index >= 15 is 0 Å². The molecular formula is C22H14. The van der Waals surface area contributed by atoms with E-state index in [0.717, 1.165) is 0 Å². The second-order valence-electron chi connectivity index (χ2n) is 5.95. The van der Waals surface area contributed by atoms with Crippen LogP contribution < -0.4 is 0 Å². The molecule has 0 heterocycles. The van der Waals surface area contributed by atoms with Crippen molar-refractivity contribution < 1.29 is 0 Å². The minimum Gasteiger partial charge on any atom is -0.0622 e. The van der Waals surface area contributed by atoms with E-state index in [2.05, 4.69) is 84.9 Å². The zero-order valence-electron chi connectivity index (χ0n) is 12.1. The summed E-state index contributed by atoms with van der Waals surface area (Å²) in [7, 11) is 0. The quantitative estimate of drug-likeness (QED) is 0.292. The van der Waals surface area contributed by atoms with Crippen LogP contribution in [-0.2, 0) is 0 Å². The van der Waals surface area contributed by atoms with Gasteiger partial charge in [-0.05, 0) is 79.5 Å². The van der Waals surface area contributed by atoms with Crippen LogP contribution in [0.2, 0.25) is 0 Å². The fraction of sp³-hybridized carbons (Fsp3) is 0. The van der Waals surface area contributed by atoms with Gasteiger partial charge in [0, 0.05) is 0 Å². The molecule has 0 heteroatoms. The molecule has 0 fully saturated rings. The van der Waals surface area contributed by atoms with Crippen LogP contribution in [0.4, 0.5) is 0 Å². The maximum Gasteiger partial charge on any atom is -0.0171 e. The van der Waals surface area contributed by atoms with E-state index in [1.54, 1.807) is 0 Å². The molecule has 0 aliphatic rings. The summed E-state index contributed by atoms with van der Waals surface area (Å²) in [6.07, 6.45) is 0. The van der Waals surface area contributed by atoms with E-state index in [1.165, 1.54) is 43.1 Å². The summed E-state index contributed by atoms with van der Waals surface area (Å²) in [5.74, 6) is 0. The third-order valence-corrected chi connectivity index (χ3v) is 4.52. The van der Waals surface area contributed by atoms with Gasteiger partial charge in [0.25, 0.3) is 0 Å². The second kappa shape index (κ2) is 4.32. The molecule has 0 atom stereocenters. The van der Waals surface area contributed by atoms with Gasteiger partial charge in [-0.1, -0.05) is 48.5 Å². The fourth-order valence-electron chi connectivity index (χ4n) is 3.39. The van der Waals surface area contributed by atoms with Crippen LogP contribution in [0.1, 0.15) is 0 Å². The van der Waals surface area contributed by atoms with Crippen molar-refractivity contribution in [3.63, 3.8) is 0 Å². The first-order valence-corrected chi connectivity index (χ1v) is 7.62. The molecule has 0 unspecified atom stereocenters. The summed E-state index contributed by atoms with van der Waals surface area (Å²) in [5.41, 5.74) is 0. The number of hydrogen-bond donors (Lipinski definition) is 0. The lowest BCUT2D eigenvalue weighted by Gasteiger charge is -2.05. The predicted molar refractivity (Wildman–Crippen MR) is 96.5 cm³/mol. The first kappa shape index (κ1) is 11.8. The van der Waals surface area contributed by atoms with Gasteiger partial charge in [-0.2, -0.15) is 0 Å². The molecule has 0 radical (unpaired) electrons. The molecule has 5 rings (SSSR count). The topological polar surface area (TPSA) is 0 Å². The van der Waals surface area contributed by atoms with Crippen LogP contribution in [-0.4, -0.2) is 0 Å². The minimum absolute atomic E-state index is 1.28. The Morgan fingerprint density at radius 2 is 0.591 bits per heavy atom. The van der Waals surface area contributed by atoms with Gasteiger partial charge in [-0.3, -0.25) is 0 Å². The van der Waals surface area contributed by atoms with Crippen LogP contribution in [0.25, 0.3) is 43.1 Å². The van der Waals surface area contributed by atoms with E-state index in [4.69, 9.17) is 0 Å². The van der Waals surface area contributed by atoms with Crippen molar-refractivity contribution in [3.05, 3.63) is 84.9 Å². The predicted octanol–water partition coefficient (Wildman–Crippen LogP) is 6.30. The van der Waals surface area contributed by atoms with Crippen molar-refractivity contribution in [2.45, 2.75) is 0 Å². The number of hydrogen-bond acceptors (Lipinski definition) is 0.